The lowest BCUT2D eigenvalue weighted by Crippen LogP contribution is -2.74. The van der Waals surface area contributed by atoms with Gasteiger partial charge in [-0.3, -0.25) is 24.6 Å². The second-order valence-electron chi connectivity index (χ2n) is 6.46. The second-order valence-corrected chi connectivity index (χ2v) is 6.46. The van der Waals surface area contributed by atoms with E-state index in [1.54, 1.807) is 13.0 Å². The Morgan fingerprint density at radius 1 is 1.30 bits per heavy atom. The van der Waals surface area contributed by atoms with E-state index in [-0.39, 0.29) is 18.0 Å². The van der Waals surface area contributed by atoms with Crippen molar-refractivity contribution in [2.75, 3.05) is 18.6 Å². The monoisotopic (exact) mass is 319 g/mol. The highest BCUT2D eigenvalue weighted by molar-refractivity contribution is 6.14. The molecule has 0 spiro atoms. The summed E-state index contributed by atoms with van der Waals surface area (Å²) in [5.74, 6) is -0.739. The van der Waals surface area contributed by atoms with Gasteiger partial charge in [-0.25, -0.2) is 0 Å². The Morgan fingerprint density at radius 3 is 2.52 bits per heavy atom. The number of amides is 2. The van der Waals surface area contributed by atoms with Crippen LogP contribution < -0.4 is 4.90 Å². The third kappa shape index (κ3) is 1.75. The standard InChI is InChI=1S/C15H17N3O5/c1-14-7-9-4-5-10(18(22)23)6-11(9)17(14)13(21)15(2,8-19)16(3)12(14)20/h4-6,19H,7-8H2,1-3H3. The van der Waals surface area contributed by atoms with Crippen molar-refractivity contribution in [2.24, 2.45) is 0 Å². The Hall–Kier alpha value is -2.48. The molecule has 0 saturated carbocycles. The van der Waals surface area contributed by atoms with E-state index in [4.69, 9.17) is 0 Å². The van der Waals surface area contributed by atoms with Crippen LogP contribution in [-0.4, -0.2) is 51.5 Å². The number of nitro groups is 1. The number of aliphatic hydroxyl groups is 1. The molecule has 0 radical (unpaired) electrons. The number of hydrogen-bond acceptors (Lipinski definition) is 5. The molecule has 1 aromatic carbocycles. The SMILES string of the molecule is CN1C(=O)C2(C)Cc3ccc([N+](=O)[O-])cc3N2C(=O)C1(C)CO. The fourth-order valence-electron chi connectivity index (χ4n) is 3.39. The molecule has 0 aromatic heterocycles. The van der Waals surface area contributed by atoms with Gasteiger partial charge in [0.1, 0.15) is 11.1 Å². The van der Waals surface area contributed by atoms with E-state index in [9.17, 15) is 24.8 Å². The number of fused-ring (bicyclic) bond motifs is 3. The molecule has 2 atom stereocenters. The summed E-state index contributed by atoms with van der Waals surface area (Å²) in [5.41, 5.74) is -1.58. The van der Waals surface area contributed by atoms with E-state index >= 15 is 0 Å². The number of carbonyl (C=O) groups is 2. The molecule has 3 rings (SSSR count). The highest BCUT2D eigenvalue weighted by atomic mass is 16.6. The van der Waals surface area contributed by atoms with Crippen molar-refractivity contribution in [3.05, 3.63) is 33.9 Å². The van der Waals surface area contributed by atoms with Crippen LogP contribution in [0.15, 0.2) is 18.2 Å². The topological polar surface area (TPSA) is 104 Å². The van der Waals surface area contributed by atoms with Gasteiger partial charge in [0.2, 0.25) is 5.91 Å². The van der Waals surface area contributed by atoms with Crippen molar-refractivity contribution < 1.29 is 19.6 Å². The Morgan fingerprint density at radius 2 is 1.96 bits per heavy atom. The minimum absolute atomic E-state index is 0.141. The van der Waals surface area contributed by atoms with E-state index in [1.165, 1.54) is 35.9 Å². The first-order valence-electron chi connectivity index (χ1n) is 7.18. The zero-order valence-electron chi connectivity index (χ0n) is 13.1. The summed E-state index contributed by atoms with van der Waals surface area (Å²) in [6.07, 6.45) is 0.288. The normalized spacial score (nSPS) is 29.6. The number of benzene rings is 1. The molecule has 2 aliphatic heterocycles. The zero-order valence-corrected chi connectivity index (χ0v) is 13.1. The summed E-state index contributed by atoms with van der Waals surface area (Å²) in [6.45, 7) is 2.61. The number of piperazine rings is 1. The number of hydrogen-bond donors (Lipinski definition) is 1. The van der Waals surface area contributed by atoms with Crippen LogP contribution >= 0.6 is 0 Å². The summed E-state index contributed by atoms with van der Waals surface area (Å²) in [5, 5.41) is 20.7. The number of anilines is 1. The lowest BCUT2D eigenvalue weighted by Gasteiger charge is -2.51. The van der Waals surface area contributed by atoms with Gasteiger partial charge in [0.15, 0.2) is 0 Å². The lowest BCUT2D eigenvalue weighted by atomic mass is 9.85. The van der Waals surface area contributed by atoms with Gasteiger partial charge in [0.05, 0.1) is 17.2 Å². The first kappa shape index (κ1) is 15.4. The van der Waals surface area contributed by atoms with Crippen LogP contribution in [0.3, 0.4) is 0 Å². The highest BCUT2D eigenvalue weighted by Gasteiger charge is 2.61. The molecule has 2 amide bonds. The predicted octanol–water partition coefficient (Wildman–Crippen LogP) is 0.466. The number of non-ortho nitro benzene ring substituents is 1. The van der Waals surface area contributed by atoms with Crippen molar-refractivity contribution in [3.8, 4) is 0 Å². The Labute approximate surface area is 132 Å². The molecule has 1 N–H and O–H groups in total. The smallest absolute Gasteiger partial charge is 0.271 e. The van der Waals surface area contributed by atoms with Crippen LogP contribution in [-0.2, 0) is 16.0 Å². The molecular formula is C15H17N3O5. The molecule has 8 nitrogen and oxygen atoms in total. The summed E-state index contributed by atoms with van der Waals surface area (Å²) in [6, 6.07) is 4.26. The molecule has 23 heavy (non-hydrogen) atoms. The number of rotatable bonds is 2. The fourth-order valence-corrected chi connectivity index (χ4v) is 3.39. The Bertz CT molecular complexity index is 749. The molecule has 1 fully saturated rings. The molecule has 122 valence electrons. The highest BCUT2D eigenvalue weighted by Crippen LogP contribution is 2.46. The number of carbonyl (C=O) groups excluding carboxylic acids is 2. The number of nitro benzene ring substituents is 1. The molecular weight excluding hydrogens is 302 g/mol. The summed E-state index contributed by atoms with van der Waals surface area (Å²) in [4.78, 5) is 38.8. The van der Waals surface area contributed by atoms with Gasteiger partial charge in [-0.2, -0.15) is 0 Å². The maximum Gasteiger partial charge on any atom is 0.271 e. The molecule has 1 saturated heterocycles. The van der Waals surface area contributed by atoms with Crippen LogP contribution in [0, 0.1) is 10.1 Å². The maximum atomic E-state index is 13.0. The van der Waals surface area contributed by atoms with Crippen molar-refractivity contribution in [1.82, 2.24) is 4.90 Å². The third-order valence-corrected chi connectivity index (χ3v) is 5.03. The van der Waals surface area contributed by atoms with E-state index in [0.717, 1.165) is 0 Å². The fraction of sp³-hybridized carbons (Fsp3) is 0.467. The predicted molar refractivity (Wildman–Crippen MR) is 81.0 cm³/mol. The lowest BCUT2D eigenvalue weighted by molar-refractivity contribution is -0.384. The van der Waals surface area contributed by atoms with E-state index in [1.807, 2.05) is 0 Å². The summed E-state index contributed by atoms with van der Waals surface area (Å²) < 4.78 is 0. The van der Waals surface area contributed by atoms with Gasteiger partial charge in [-0.15, -0.1) is 0 Å². The van der Waals surface area contributed by atoms with Crippen LogP contribution in [0.1, 0.15) is 19.4 Å². The largest absolute Gasteiger partial charge is 0.393 e. The zero-order chi connectivity index (χ0) is 17.2. The first-order chi connectivity index (χ1) is 10.7. The van der Waals surface area contributed by atoms with Crippen molar-refractivity contribution in [2.45, 2.75) is 31.3 Å². The van der Waals surface area contributed by atoms with Crippen molar-refractivity contribution in [1.29, 1.82) is 0 Å². The van der Waals surface area contributed by atoms with Crippen LogP contribution in [0.5, 0.6) is 0 Å². The van der Waals surface area contributed by atoms with Gasteiger partial charge in [0, 0.05) is 25.6 Å². The molecule has 0 aliphatic carbocycles. The van der Waals surface area contributed by atoms with Crippen molar-refractivity contribution in [3.63, 3.8) is 0 Å². The quantitative estimate of drug-likeness (QED) is 0.630. The average molecular weight is 319 g/mol. The number of nitrogens with zero attached hydrogens (tertiary/aromatic N) is 3. The van der Waals surface area contributed by atoms with E-state index in [2.05, 4.69) is 0 Å². The van der Waals surface area contributed by atoms with Gasteiger partial charge in [0.25, 0.3) is 11.6 Å². The molecule has 2 unspecified atom stereocenters. The molecule has 0 bridgehead atoms. The van der Waals surface area contributed by atoms with E-state index in [0.29, 0.717) is 11.3 Å². The average Bonchev–Trinajstić information content (AvgIpc) is 2.83. The van der Waals surface area contributed by atoms with Crippen LogP contribution in [0.2, 0.25) is 0 Å². The summed E-state index contributed by atoms with van der Waals surface area (Å²) >= 11 is 0. The molecule has 1 aromatic rings. The van der Waals surface area contributed by atoms with Crippen LogP contribution in [0.4, 0.5) is 11.4 Å². The Kier molecular flexibility index (Phi) is 3.02. The number of likely N-dealkylation sites (N-methyl/N-ethyl adjacent to an activating group) is 1. The summed E-state index contributed by atoms with van der Waals surface area (Å²) in [7, 11) is 1.49. The second kappa shape index (κ2) is 4.51. The third-order valence-electron chi connectivity index (χ3n) is 5.03. The Balaban J connectivity index is 2.21. The minimum Gasteiger partial charge on any atom is -0.393 e. The molecule has 8 heteroatoms. The maximum absolute atomic E-state index is 13.0. The van der Waals surface area contributed by atoms with Crippen LogP contribution in [0.25, 0.3) is 0 Å². The minimum atomic E-state index is -1.39. The van der Waals surface area contributed by atoms with Gasteiger partial charge < -0.3 is 10.0 Å². The van der Waals surface area contributed by atoms with Gasteiger partial charge in [-0.1, -0.05) is 6.07 Å². The first-order valence-corrected chi connectivity index (χ1v) is 7.18. The molecule has 2 heterocycles. The van der Waals surface area contributed by atoms with Gasteiger partial charge in [-0.05, 0) is 19.4 Å². The van der Waals surface area contributed by atoms with E-state index < -0.39 is 28.5 Å². The molecule has 2 aliphatic rings. The van der Waals surface area contributed by atoms with Crippen molar-refractivity contribution >= 4 is 23.2 Å². The van der Waals surface area contributed by atoms with Gasteiger partial charge >= 0.3 is 0 Å². The number of aliphatic hydroxyl groups excluding tert-OH is 1.